The van der Waals surface area contributed by atoms with Crippen LogP contribution < -0.4 is 13.6 Å². The van der Waals surface area contributed by atoms with Gasteiger partial charge in [-0.25, -0.2) is 0 Å². The molecular formula is C19H17O3PS. The van der Waals surface area contributed by atoms with E-state index in [4.69, 9.17) is 25.4 Å². The van der Waals surface area contributed by atoms with Crippen LogP contribution in [0, 0.1) is 6.92 Å². The van der Waals surface area contributed by atoms with Gasteiger partial charge in [0, 0.05) is 11.8 Å². The first-order valence-corrected chi connectivity index (χ1v) is 10.0. The predicted molar refractivity (Wildman–Crippen MR) is 100 cm³/mol. The largest absolute Gasteiger partial charge is 0.490 e. The van der Waals surface area contributed by atoms with Crippen molar-refractivity contribution in [3.63, 3.8) is 0 Å². The number of rotatable bonds is 6. The fourth-order valence-electron chi connectivity index (χ4n) is 2.06. The average molecular weight is 356 g/mol. The molecular weight excluding hydrogens is 339 g/mol. The van der Waals surface area contributed by atoms with Gasteiger partial charge < -0.3 is 13.6 Å². The van der Waals surface area contributed by atoms with Crippen molar-refractivity contribution >= 4 is 18.5 Å². The van der Waals surface area contributed by atoms with E-state index in [-0.39, 0.29) is 0 Å². The van der Waals surface area contributed by atoms with Gasteiger partial charge in [0.05, 0.1) is 0 Å². The van der Waals surface area contributed by atoms with Gasteiger partial charge >= 0.3 is 6.72 Å². The van der Waals surface area contributed by atoms with Crippen molar-refractivity contribution in [2.24, 2.45) is 0 Å². The molecule has 5 heteroatoms. The van der Waals surface area contributed by atoms with Crippen molar-refractivity contribution in [3.8, 4) is 17.2 Å². The zero-order valence-corrected chi connectivity index (χ0v) is 14.9. The summed E-state index contributed by atoms with van der Waals surface area (Å²) in [7, 11) is 0. The lowest BCUT2D eigenvalue weighted by Gasteiger charge is -2.24. The maximum atomic E-state index is 6.02. The molecule has 0 heterocycles. The van der Waals surface area contributed by atoms with Crippen molar-refractivity contribution < 1.29 is 13.6 Å². The van der Waals surface area contributed by atoms with E-state index in [0.29, 0.717) is 17.2 Å². The molecule has 3 aromatic rings. The number of hydrogen-bond acceptors (Lipinski definition) is 4. The van der Waals surface area contributed by atoms with Crippen molar-refractivity contribution in [2.45, 2.75) is 6.92 Å². The summed E-state index contributed by atoms with van der Waals surface area (Å²) in [5.41, 5.74) is 0.972. The molecule has 0 saturated heterocycles. The Balaban J connectivity index is 1.91. The Bertz CT molecular complexity index is 792. The molecule has 0 aliphatic heterocycles. The lowest BCUT2D eigenvalue weighted by molar-refractivity contribution is 0.383. The summed E-state index contributed by atoms with van der Waals surface area (Å²) >= 11 is 5.65. The number of benzene rings is 3. The second kappa shape index (κ2) is 7.52. The third kappa shape index (κ3) is 4.38. The van der Waals surface area contributed by atoms with Crippen molar-refractivity contribution in [1.82, 2.24) is 0 Å². The Hall–Kier alpha value is -2.29. The van der Waals surface area contributed by atoms with Crippen molar-refractivity contribution in [2.75, 3.05) is 0 Å². The Labute approximate surface area is 147 Å². The first-order valence-electron chi connectivity index (χ1n) is 7.49. The Morgan fingerprint density at radius 1 is 0.625 bits per heavy atom. The molecule has 0 N–H and O–H groups in total. The van der Waals surface area contributed by atoms with Crippen LogP contribution in [-0.4, -0.2) is 0 Å². The predicted octanol–water partition coefficient (Wildman–Crippen LogP) is 5.76. The third-order valence-electron chi connectivity index (χ3n) is 3.22. The van der Waals surface area contributed by atoms with E-state index in [1.807, 2.05) is 91.9 Å². The van der Waals surface area contributed by atoms with Crippen LogP contribution in [0.1, 0.15) is 5.56 Å². The summed E-state index contributed by atoms with van der Waals surface area (Å²) in [5, 5.41) is 0. The minimum absolute atomic E-state index is 0.616. The zero-order chi connectivity index (χ0) is 16.8. The zero-order valence-electron chi connectivity index (χ0n) is 13.2. The summed E-state index contributed by atoms with van der Waals surface area (Å²) in [4.78, 5) is 0. The van der Waals surface area contributed by atoms with E-state index in [1.54, 1.807) is 0 Å². The standard InChI is InChI=1S/C19H17O3PS/c1-16-10-8-9-15-19(16)22-23(24,20-17-11-4-2-5-12-17)21-18-13-6-3-7-14-18/h2-15H,1H3. The average Bonchev–Trinajstić information content (AvgIpc) is 2.58. The van der Waals surface area contributed by atoms with Crippen LogP contribution in [0.3, 0.4) is 0 Å². The smallest absolute Gasteiger partial charge is 0.407 e. The van der Waals surface area contributed by atoms with Gasteiger partial charge in [0.15, 0.2) is 0 Å². The van der Waals surface area contributed by atoms with E-state index in [9.17, 15) is 0 Å². The molecule has 0 fully saturated rings. The molecule has 0 aromatic heterocycles. The van der Waals surface area contributed by atoms with Gasteiger partial charge in [-0.2, -0.15) is 0 Å². The minimum Gasteiger partial charge on any atom is -0.407 e. The highest BCUT2D eigenvalue weighted by atomic mass is 32.5. The van der Waals surface area contributed by atoms with Gasteiger partial charge in [0.25, 0.3) is 0 Å². The minimum atomic E-state index is -3.08. The summed E-state index contributed by atoms with van der Waals surface area (Å²) in [5.74, 6) is 1.89. The molecule has 0 amide bonds. The lowest BCUT2D eigenvalue weighted by atomic mass is 10.2. The number of aryl methyl sites for hydroxylation is 1. The number of para-hydroxylation sites is 3. The fraction of sp³-hybridized carbons (Fsp3) is 0.0526. The molecule has 0 unspecified atom stereocenters. The van der Waals surface area contributed by atoms with Crippen molar-refractivity contribution in [3.05, 3.63) is 90.5 Å². The molecule has 24 heavy (non-hydrogen) atoms. The van der Waals surface area contributed by atoms with Crippen LogP contribution in [0.2, 0.25) is 0 Å². The molecule has 0 atom stereocenters. The Morgan fingerprint density at radius 3 is 1.58 bits per heavy atom. The van der Waals surface area contributed by atoms with E-state index < -0.39 is 6.72 Å². The molecule has 0 spiro atoms. The normalized spacial score (nSPS) is 10.9. The monoisotopic (exact) mass is 356 g/mol. The molecule has 0 saturated carbocycles. The van der Waals surface area contributed by atoms with Gasteiger partial charge in [-0.3, -0.25) is 0 Å². The van der Waals surface area contributed by atoms with Gasteiger partial charge in [-0.05, 0) is 42.8 Å². The molecule has 3 nitrogen and oxygen atoms in total. The van der Waals surface area contributed by atoms with E-state index in [0.717, 1.165) is 5.56 Å². The van der Waals surface area contributed by atoms with Crippen molar-refractivity contribution in [1.29, 1.82) is 0 Å². The molecule has 0 aliphatic carbocycles. The Morgan fingerprint density at radius 2 is 1.08 bits per heavy atom. The molecule has 122 valence electrons. The SMILES string of the molecule is Cc1ccccc1OP(=S)(Oc1ccccc1)Oc1ccccc1. The quantitative estimate of drug-likeness (QED) is 0.525. The maximum Gasteiger partial charge on any atom is 0.490 e. The molecule has 0 bridgehead atoms. The van der Waals surface area contributed by atoms with Gasteiger partial charge in [0.2, 0.25) is 0 Å². The number of hydrogen-bond donors (Lipinski definition) is 0. The maximum absolute atomic E-state index is 6.02. The van der Waals surface area contributed by atoms with Gasteiger partial charge in [-0.1, -0.05) is 54.6 Å². The third-order valence-corrected chi connectivity index (χ3v) is 5.18. The first kappa shape index (κ1) is 16.6. The van der Waals surface area contributed by atoms with Crippen LogP contribution >= 0.6 is 6.72 Å². The molecule has 0 aliphatic rings. The highest BCUT2D eigenvalue weighted by Gasteiger charge is 2.27. The lowest BCUT2D eigenvalue weighted by Crippen LogP contribution is -2.07. The van der Waals surface area contributed by atoms with Gasteiger partial charge in [0.1, 0.15) is 17.2 Å². The van der Waals surface area contributed by atoms with Gasteiger partial charge in [-0.15, -0.1) is 0 Å². The summed E-state index contributed by atoms with van der Waals surface area (Å²) in [6.45, 7) is -1.12. The second-order valence-electron chi connectivity index (χ2n) is 5.11. The molecule has 0 radical (unpaired) electrons. The van der Waals surface area contributed by atoms with Crippen LogP contribution in [0.15, 0.2) is 84.9 Å². The second-order valence-corrected chi connectivity index (χ2v) is 7.90. The van der Waals surface area contributed by atoms with Crippen LogP contribution in [0.25, 0.3) is 0 Å². The molecule has 3 rings (SSSR count). The fourth-order valence-corrected chi connectivity index (χ4v) is 4.13. The van der Waals surface area contributed by atoms with E-state index in [1.165, 1.54) is 0 Å². The van der Waals surface area contributed by atoms with Crippen LogP contribution in [0.4, 0.5) is 0 Å². The Kier molecular flexibility index (Phi) is 5.19. The summed E-state index contributed by atoms with van der Waals surface area (Å²) < 4.78 is 17.9. The molecule has 3 aromatic carbocycles. The highest BCUT2D eigenvalue weighted by molar-refractivity contribution is 8.08. The summed E-state index contributed by atoms with van der Waals surface area (Å²) in [6.07, 6.45) is 0. The van der Waals surface area contributed by atoms with Crippen LogP contribution in [0.5, 0.6) is 17.2 Å². The topological polar surface area (TPSA) is 27.7 Å². The van der Waals surface area contributed by atoms with E-state index in [2.05, 4.69) is 0 Å². The summed E-state index contributed by atoms with van der Waals surface area (Å²) in [6, 6.07) is 26.3. The van der Waals surface area contributed by atoms with E-state index >= 15 is 0 Å². The first-order chi connectivity index (χ1) is 11.6. The highest BCUT2D eigenvalue weighted by Crippen LogP contribution is 2.50. The van der Waals surface area contributed by atoms with Crippen LogP contribution in [-0.2, 0) is 11.8 Å².